The van der Waals surface area contributed by atoms with Gasteiger partial charge in [-0.15, -0.1) is 0 Å². The lowest BCUT2D eigenvalue weighted by Crippen LogP contribution is -2.39. The van der Waals surface area contributed by atoms with E-state index < -0.39 is 10.0 Å². The Hall–Kier alpha value is -2.65. The molecule has 0 bridgehead atoms. The topological polar surface area (TPSA) is 97.8 Å². The van der Waals surface area contributed by atoms with Crippen LogP contribution in [0.3, 0.4) is 0 Å². The van der Waals surface area contributed by atoms with E-state index in [-0.39, 0.29) is 25.8 Å². The van der Waals surface area contributed by atoms with Gasteiger partial charge in [-0.2, -0.15) is 4.31 Å². The molecule has 0 saturated heterocycles. The molecule has 138 valence electrons. The van der Waals surface area contributed by atoms with Gasteiger partial charge in [0.25, 0.3) is 0 Å². The lowest BCUT2D eigenvalue weighted by Gasteiger charge is -2.19. The van der Waals surface area contributed by atoms with Gasteiger partial charge in [0.15, 0.2) is 11.5 Å². The fraction of sp³-hybridized carbons (Fsp3) is 0.294. The fourth-order valence-corrected chi connectivity index (χ4v) is 3.19. The smallest absolute Gasteiger partial charge is 0.235 e. The van der Waals surface area contributed by atoms with Crippen LogP contribution in [0.5, 0.6) is 11.5 Å². The minimum atomic E-state index is -3.56. The Bertz CT molecular complexity index is 887. The van der Waals surface area contributed by atoms with Gasteiger partial charge in [-0.05, 0) is 35.4 Å². The number of carbonyl (C=O) groups excluding carboxylic acids is 1. The maximum atomic E-state index is 12.2. The van der Waals surface area contributed by atoms with E-state index in [2.05, 4.69) is 10.3 Å². The maximum absolute atomic E-state index is 12.2. The summed E-state index contributed by atoms with van der Waals surface area (Å²) >= 11 is 0. The normalized spacial score (nSPS) is 13.0. The molecule has 0 spiro atoms. The number of benzene rings is 1. The van der Waals surface area contributed by atoms with Crippen LogP contribution in [-0.4, -0.2) is 43.2 Å². The molecule has 9 heteroatoms. The molecule has 1 aromatic heterocycles. The Morgan fingerprint density at radius 3 is 2.62 bits per heavy atom. The van der Waals surface area contributed by atoms with Gasteiger partial charge in [0.2, 0.25) is 22.7 Å². The van der Waals surface area contributed by atoms with Crippen molar-refractivity contribution in [1.82, 2.24) is 14.6 Å². The van der Waals surface area contributed by atoms with Crippen LogP contribution in [0.1, 0.15) is 11.1 Å². The van der Waals surface area contributed by atoms with E-state index in [1.807, 2.05) is 0 Å². The highest BCUT2D eigenvalue weighted by Gasteiger charge is 2.22. The molecule has 1 aliphatic rings. The zero-order valence-electron chi connectivity index (χ0n) is 14.2. The number of hydrogen-bond acceptors (Lipinski definition) is 6. The third kappa shape index (κ3) is 4.70. The molecule has 3 rings (SSSR count). The van der Waals surface area contributed by atoms with Crippen molar-refractivity contribution in [1.29, 1.82) is 0 Å². The van der Waals surface area contributed by atoms with Gasteiger partial charge in [0.1, 0.15) is 0 Å². The molecule has 0 radical (unpaired) electrons. The summed E-state index contributed by atoms with van der Waals surface area (Å²) in [6.07, 6.45) is 4.34. The number of nitrogens with one attached hydrogen (secondary N) is 1. The molecule has 0 fully saturated rings. The van der Waals surface area contributed by atoms with Gasteiger partial charge in [-0.25, -0.2) is 8.42 Å². The molecule has 0 unspecified atom stereocenters. The van der Waals surface area contributed by atoms with Crippen molar-refractivity contribution in [3.8, 4) is 11.5 Å². The average molecular weight is 377 g/mol. The Kier molecular flexibility index (Phi) is 5.38. The fourth-order valence-electron chi connectivity index (χ4n) is 2.45. The summed E-state index contributed by atoms with van der Waals surface area (Å²) in [7, 11) is -3.56. The van der Waals surface area contributed by atoms with Crippen LogP contribution >= 0.6 is 0 Å². The van der Waals surface area contributed by atoms with Crippen LogP contribution < -0.4 is 14.8 Å². The predicted molar refractivity (Wildman–Crippen MR) is 93.9 cm³/mol. The first-order valence-electron chi connectivity index (χ1n) is 7.91. The second-order valence-corrected chi connectivity index (χ2v) is 7.83. The molecule has 8 nitrogen and oxygen atoms in total. The third-order valence-corrected chi connectivity index (χ3v) is 5.02. The van der Waals surface area contributed by atoms with Crippen molar-refractivity contribution in [3.05, 3.63) is 53.9 Å². The molecule has 26 heavy (non-hydrogen) atoms. The predicted octanol–water partition coefficient (Wildman–Crippen LogP) is 0.888. The lowest BCUT2D eigenvalue weighted by molar-refractivity contribution is -0.121. The molecule has 1 N–H and O–H groups in total. The molecule has 0 saturated carbocycles. The van der Waals surface area contributed by atoms with Gasteiger partial charge in [0.05, 0.1) is 12.8 Å². The molecule has 2 aromatic rings. The lowest BCUT2D eigenvalue weighted by atomic mass is 10.2. The second-order valence-electron chi connectivity index (χ2n) is 5.85. The molecule has 2 heterocycles. The minimum Gasteiger partial charge on any atom is -0.454 e. The third-order valence-electron chi connectivity index (χ3n) is 3.82. The standard InChI is InChI=1S/C17H19N3O5S/c1-26(22,23)20(10-14-2-3-15-16(8-14)25-12-24-15)11-17(21)19-9-13-4-6-18-7-5-13/h2-8H,9-12H2,1H3,(H,19,21). The Morgan fingerprint density at radius 2 is 1.88 bits per heavy atom. The van der Waals surface area contributed by atoms with E-state index in [9.17, 15) is 13.2 Å². The number of nitrogens with zero attached hydrogens (tertiary/aromatic N) is 2. The second kappa shape index (κ2) is 7.71. The van der Waals surface area contributed by atoms with Crippen LogP contribution in [0.15, 0.2) is 42.7 Å². The van der Waals surface area contributed by atoms with Crippen molar-refractivity contribution in [2.45, 2.75) is 13.1 Å². The van der Waals surface area contributed by atoms with Crippen molar-refractivity contribution in [3.63, 3.8) is 0 Å². The van der Waals surface area contributed by atoms with E-state index in [0.717, 1.165) is 16.1 Å². The van der Waals surface area contributed by atoms with Crippen LogP contribution in [0.25, 0.3) is 0 Å². The highest BCUT2D eigenvalue weighted by Crippen LogP contribution is 2.32. The maximum Gasteiger partial charge on any atom is 0.235 e. The monoisotopic (exact) mass is 377 g/mol. The number of aromatic nitrogens is 1. The summed E-state index contributed by atoms with van der Waals surface area (Å²) in [4.78, 5) is 16.1. The SMILES string of the molecule is CS(=O)(=O)N(CC(=O)NCc1ccncc1)Cc1ccc2c(c1)OCO2. The molecule has 1 aliphatic heterocycles. The van der Waals surface area contributed by atoms with E-state index in [4.69, 9.17) is 9.47 Å². The first-order chi connectivity index (χ1) is 12.4. The Labute approximate surface area is 151 Å². The molecule has 0 atom stereocenters. The number of ether oxygens (including phenoxy) is 2. The van der Waals surface area contributed by atoms with Crippen molar-refractivity contribution in [2.75, 3.05) is 19.6 Å². The molecule has 1 aromatic carbocycles. The Morgan fingerprint density at radius 1 is 1.15 bits per heavy atom. The van der Waals surface area contributed by atoms with Gasteiger partial charge < -0.3 is 14.8 Å². The first-order valence-corrected chi connectivity index (χ1v) is 9.76. The van der Waals surface area contributed by atoms with Crippen molar-refractivity contribution in [2.24, 2.45) is 0 Å². The number of amides is 1. The molecule has 0 aliphatic carbocycles. The summed E-state index contributed by atoms with van der Waals surface area (Å²) in [5.41, 5.74) is 1.59. The van der Waals surface area contributed by atoms with Gasteiger partial charge in [0, 0.05) is 25.5 Å². The van der Waals surface area contributed by atoms with E-state index >= 15 is 0 Å². The number of pyridine rings is 1. The number of rotatable bonds is 7. The van der Waals surface area contributed by atoms with Gasteiger partial charge in [-0.3, -0.25) is 9.78 Å². The quantitative estimate of drug-likeness (QED) is 0.770. The van der Waals surface area contributed by atoms with E-state index in [0.29, 0.717) is 23.6 Å². The first kappa shape index (κ1) is 18.2. The summed E-state index contributed by atoms with van der Waals surface area (Å²) in [5.74, 6) is 0.806. The van der Waals surface area contributed by atoms with Gasteiger partial charge in [-0.1, -0.05) is 6.07 Å². The summed E-state index contributed by atoms with van der Waals surface area (Å²) < 4.78 is 35.8. The summed E-state index contributed by atoms with van der Waals surface area (Å²) in [5, 5.41) is 2.71. The largest absolute Gasteiger partial charge is 0.454 e. The molecular weight excluding hydrogens is 358 g/mol. The highest BCUT2D eigenvalue weighted by molar-refractivity contribution is 7.88. The van der Waals surface area contributed by atoms with E-state index in [1.165, 1.54) is 0 Å². The average Bonchev–Trinajstić information content (AvgIpc) is 3.07. The zero-order valence-corrected chi connectivity index (χ0v) is 15.0. The number of sulfonamides is 1. The van der Waals surface area contributed by atoms with Crippen LogP contribution in [0, 0.1) is 0 Å². The number of fused-ring (bicyclic) bond motifs is 1. The zero-order chi connectivity index (χ0) is 18.6. The van der Waals surface area contributed by atoms with Crippen molar-refractivity contribution >= 4 is 15.9 Å². The van der Waals surface area contributed by atoms with Crippen LogP contribution in [0.2, 0.25) is 0 Å². The Balaban J connectivity index is 1.64. The summed E-state index contributed by atoms with van der Waals surface area (Å²) in [6, 6.07) is 8.75. The highest BCUT2D eigenvalue weighted by atomic mass is 32.2. The number of hydrogen-bond donors (Lipinski definition) is 1. The van der Waals surface area contributed by atoms with E-state index in [1.54, 1.807) is 42.7 Å². The summed E-state index contributed by atoms with van der Waals surface area (Å²) in [6.45, 7) is 0.255. The minimum absolute atomic E-state index is 0.0676. The number of carbonyl (C=O) groups is 1. The van der Waals surface area contributed by atoms with Crippen LogP contribution in [-0.2, 0) is 27.9 Å². The van der Waals surface area contributed by atoms with Crippen molar-refractivity contribution < 1.29 is 22.7 Å². The van der Waals surface area contributed by atoms with Gasteiger partial charge >= 0.3 is 0 Å². The van der Waals surface area contributed by atoms with Crippen LogP contribution in [0.4, 0.5) is 0 Å². The molecule has 1 amide bonds. The molecular formula is C17H19N3O5S.